The molecular formula is C29H34Cl2Ti. The summed E-state index contributed by atoms with van der Waals surface area (Å²) < 4.78 is 5.58. The van der Waals surface area contributed by atoms with E-state index in [0.717, 1.165) is 6.42 Å². The average Bonchev–Trinajstić information content (AvgIpc) is 3.49. The van der Waals surface area contributed by atoms with Crippen molar-refractivity contribution in [2.75, 3.05) is 0 Å². The molecule has 0 heterocycles. The smallest absolute Gasteiger partial charge is 1.00 e. The molecule has 0 atom stereocenters. The predicted molar refractivity (Wildman–Crippen MR) is 128 cm³/mol. The van der Waals surface area contributed by atoms with Crippen LogP contribution in [-0.2, 0) is 23.8 Å². The van der Waals surface area contributed by atoms with Gasteiger partial charge in [-0.15, -0.1) is 0 Å². The Morgan fingerprint density at radius 1 is 0.844 bits per heavy atom. The average molecular weight is 501 g/mol. The van der Waals surface area contributed by atoms with Crippen molar-refractivity contribution >= 4 is 7.68 Å². The second kappa shape index (κ2) is 10.6. The maximum absolute atomic E-state index is 2.50. The number of halogens is 2. The first-order valence-corrected chi connectivity index (χ1v) is 14.3. The van der Waals surface area contributed by atoms with Crippen molar-refractivity contribution in [2.24, 2.45) is 0 Å². The van der Waals surface area contributed by atoms with Crippen LogP contribution in [0.2, 0.25) is 0 Å². The summed E-state index contributed by atoms with van der Waals surface area (Å²) in [6.45, 7) is 9.43. The van der Waals surface area contributed by atoms with Gasteiger partial charge in [0.1, 0.15) is 0 Å². The van der Waals surface area contributed by atoms with Crippen LogP contribution in [0.5, 0.6) is 0 Å². The zero-order valence-electron chi connectivity index (χ0n) is 19.8. The summed E-state index contributed by atoms with van der Waals surface area (Å²) in [5.41, 5.74) is 9.42. The number of benzene rings is 2. The molecule has 0 unspecified atom stereocenters. The van der Waals surface area contributed by atoms with Crippen molar-refractivity contribution in [1.82, 2.24) is 0 Å². The van der Waals surface area contributed by atoms with E-state index in [-0.39, 0.29) is 24.8 Å². The van der Waals surface area contributed by atoms with Gasteiger partial charge in [0.05, 0.1) is 0 Å². The molecule has 0 N–H and O–H groups in total. The fourth-order valence-corrected chi connectivity index (χ4v) is 11.6. The Bertz CT molecular complexity index is 1090. The minimum Gasteiger partial charge on any atom is -1.00 e. The molecule has 0 amide bonds. The maximum atomic E-state index is 2.50. The van der Waals surface area contributed by atoms with Gasteiger partial charge in [-0.3, -0.25) is 0 Å². The minimum absolute atomic E-state index is 0. The van der Waals surface area contributed by atoms with E-state index < -0.39 is 17.4 Å². The Kier molecular flexibility index (Phi) is 8.48. The van der Waals surface area contributed by atoms with Crippen LogP contribution < -0.4 is 28.7 Å². The SMILES string of the molecule is CC(C)c1ccc2c(c1)Cc1c-2ccc(C(C)C)[c]1[Ti+2]([C]1=CC=CC1)=[C]1CCCC1.[Cl-].[Cl-]. The molecule has 0 saturated heterocycles. The summed E-state index contributed by atoms with van der Waals surface area (Å²) in [7, 11) is 0. The first kappa shape index (κ1) is 25.7. The quantitative estimate of drug-likeness (QED) is 0.474. The molecule has 0 radical (unpaired) electrons. The monoisotopic (exact) mass is 500 g/mol. The van der Waals surface area contributed by atoms with Crippen molar-refractivity contribution in [3.05, 3.63) is 74.7 Å². The third-order valence-electron chi connectivity index (χ3n) is 7.32. The Labute approximate surface area is 212 Å². The molecule has 168 valence electrons. The van der Waals surface area contributed by atoms with E-state index in [1.54, 1.807) is 20.6 Å². The number of hydrogen-bond acceptors (Lipinski definition) is 0. The van der Waals surface area contributed by atoms with Gasteiger partial charge < -0.3 is 24.8 Å². The maximum Gasteiger partial charge on any atom is -1.00 e. The number of allylic oxidation sites excluding steroid dienone is 4. The molecule has 0 aliphatic heterocycles. The topological polar surface area (TPSA) is 0 Å². The normalized spacial score (nSPS) is 15.8. The van der Waals surface area contributed by atoms with Crippen LogP contribution in [-0.4, -0.2) is 3.81 Å². The summed E-state index contributed by atoms with van der Waals surface area (Å²) in [6, 6.07) is 12.2. The van der Waals surface area contributed by atoms with Crippen molar-refractivity contribution in [1.29, 1.82) is 0 Å². The molecule has 0 aromatic heterocycles. The molecule has 2 aromatic rings. The van der Waals surface area contributed by atoms with E-state index in [9.17, 15) is 0 Å². The van der Waals surface area contributed by atoms with Crippen LogP contribution in [0.1, 0.15) is 93.9 Å². The molecule has 0 nitrogen and oxygen atoms in total. The molecule has 3 heteroatoms. The summed E-state index contributed by atoms with van der Waals surface area (Å²) in [4.78, 5) is 0. The summed E-state index contributed by atoms with van der Waals surface area (Å²) >= 11 is -1.65. The van der Waals surface area contributed by atoms with E-state index in [4.69, 9.17) is 0 Å². The number of rotatable bonds is 4. The van der Waals surface area contributed by atoms with Crippen molar-refractivity contribution in [3.8, 4) is 11.1 Å². The van der Waals surface area contributed by atoms with Gasteiger partial charge in [0, 0.05) is 0 Å². The van der Waals surface area contributed by atoms with Crippen LogP contribution in [0, 0.1) is 0 Å². The Balaban J connectivity index is 0.00000144. The van der Waals surface area contributed by atoms with E-state index in [0.29, 0.717) is 11.8 Å². The van der Waals surface area contributed by atoms with Crippen LogP contribution >= 0.6 is 0 Å². The molecule has 1 saturated carbocycles. The van der Waals surface area contributed by atoms with E-state index in [2.05, 4.69) is 76.3 Å². The van der Waals surface area contributed by atoms with Gasteiger partial charge in [-0.25, -0.2) is 0 Å². The first-order chi connectivity index (χ1) is 14.5. The van der Waals surface area contributed by atoms with Gasteiger partial charge in [0.2, 0.25) is 0 Å². The van der Waals surface area contributed by atoms with E-state index >= 15 is 0 Å². The third-order valence-corrected chi connectivity index (χ3v) is 12.5. The predicted octanol–water partition coefficient (Wildman–Crippen LogP) is 1.35. The Hall–Kier alpha value is -0.916. The molecule has 3 aliphatic carbocycles. The van der Waals surface area contributed by atoms with Crippen LogP contribution in [0.25, 0.3) is 11.1 Å². The third kappa shape index (κ3) is 4.54. The molecule has 0 bridgehead atoms. The molecule has 5 rings (SSSR count). The van der Waals surface area contributed by atoms with Gasteiger partial charge in [0.15, 0.2) is 0 Å². The molecule has 32 heavy (non-hydrogen) atoms. The zero-order chi connectivity index (χ0) is 20.8. The standard InChI is InChI=1S/C19H21.C5H8.C5H5.2ClH.Ti/c1-12(2)14-5-7-18-16(9-14)11-17-10-15(13(3)4)6-8-19(17)18;2*1-2-4-5-3-1;;;/h5-9,12-13H,11H2,1-4H3;1-4H2;1-3H,4H2;2*1H;/q;;;;;+2/p-2. The first-order valence-electron chi connectivity index (χ1n) is 11.9. The van der Waals surface area contributed by atoms with E-state index in [1.165, 1.54) is 48.8 Å². The molecule has 0 spiro atoms. The second-order valence-electron chi connectivity index (χ2n) is 9.97. The van der Waals surface area contributed by atoms with E-state index in [1.807, 2.05) is 7.68 Å². The molecule has 1 fully saturated rings. The molecule has 3 aliphatic rings. The van der Waals surface area contributed by atoms with Crippen LogP contribution in [0.15, 0.2) is 52.4 Å². The largest absolute Gasteiger partial charge is 1.00 e. The van der Waals surface area contributed by atoms with Crippen molar-refractivity contribution in [2.45, 2.75) is 78.1 Å². The Morgan fingerprint density at radius 3 is 2.19 bits per heavy atom. The summed E-state index contributed by atoms with van der Waals surface area (Å²) in [6.07, 6.45) is 15.1. The van der Waals surface area contributed by atoms with Crippen molar-refractivity contribution < 1.29 is 42.2 Å². The van der Waals surface area contributed by atoms with Gasteiger partial charge in [-0.1, -0.05) is 0 Å². The summed E-state index contributed by atoms with van der Waals surface area (Å²) in [5, 5.41) is 0. The fraction of sp³-hybridized carbons (Fsp3) is 0.414. The minimum atomic E-state index is -1.65. The van der Waals surface area contributed by atoms with Crippen LogP contribution in [0.4, 0.5) is 0 Å². The number of fused-ring (bicyclic) bond motifs is 3. The van der Waals surface area contributed by atoms with Crippen molar-refractivity contribution in [3.63, 3.8) is 0 Å². The van der Waals surface area contributed by atoms with Gasteiger partial charge in [-0.2, -0.15) is 0 Å². The fourth-order valence-electron chi connectivity index (χ4n) is 5.70. The number of hydrogen-bond donors (Lipinski definition) is 0. The Morgan fingerprint density at radius 2 is 1.56 bits per heavy atom. The summed E-state index contributed by atoms with van der Waals surface area (Å²) in [5.74, 6) is 1.19. The molecular weight excluding hydrogens is 467 g/mol. The second-order valence-corrected chi connectivity index (χ2v) is 14.0. The molecule has 2 aromatic carbocycles. The van der Waals surface area contributed by atoms with Crippen LogP contribution in [0.3, 0.4) is 0 Å². The van der Waals surface area contributed by atoms with Gasteiger partial charge >= 0.3 is 189 Å². The van der Waals surface area contributed by atoms with Gasteiger partial charge in [0.25, 0.3) is 0 Å². The zero-order valence-corrected chi connectivity index (χ0v) is 22.8. The van der Waals surface area contributed by atoms with Gasteiger partial charge in [-0.05, 0) is 0 Å².